The minimum absolute atomic E-state index is 0.268. The molecule has 31 heavy (non-hydrogen) atoms. The third-order valence-electron chi connectivity index (χ3n) is 3.34. The van der Waals surface area contributed by atoms with Crippen molar-refractivity contribution in [3.63, 3.8) is 0 Å². The minimum atomic E-state index is -6.48. The fourth-order valence-corrected chi connectivity index (χ4v) is 2.34. The van der Waals surface area contributed by atoms with Gasteiger partial charge in [0.25, 0.3) is 0 Å². The summed E-state index contributed by atoms with van der Waals surface area (Å²) in [5, 5.41) is -5.85. The van der Waals surface area contributed by atoms with Gasteiger partial charge in [-0.05, 0) is 26.7 Å². The van der Waals surface area contributed by atoms with Crippen molar-refractivity contribution in [2.75, 3.05) is 6.61 Å². The van der Waals surface area contributed by atoms with Crippen LogP contribution < -0.4 is 0 Å². The summed E-state index contributed by atoms with van der Waals surface area (Å²) in [6.45, 7) is 3.94. The van der Waals surface area contributed by atoms with Crippen LogP contribution in [-0.4, -0.2) is 60.8 Å². The SMILES string of the molecule is C=CC(=O)OC(OCCCCC(F)(F)C(F)(F)S(=O)(=O)O)(C(=O)OC(C)C)C(F)(F)F. The van der Waals surface area contributed by atoms with Gasteiger partial charge in [-0.1, -0.05) is 6.58 Å². The quantitative estimate of drug-likeness (QED) is 0.110. The van der Waals surface area contributed by atoms with Crippen LogP contribution in [0.15, 0.2) is 12.7 Å². The van der Waals surface area contributed by atoms with E-state index in [2.05, 4.69) is 20.8 Å². The van der Waals surface area contributed by atoms with Crippen molar-refractivity contribution in [2.24, 2.45) is 0 Å². The first-order valence-electron chi connectivity index (χ1n) is 8.25. The van der Waals surface area contributed by atoms with Crippen molar-refractivity contribution < 1.29 is 67.5 Å². The first-order chi connectivity index (χ1) is 13.7. The van der Waals surface area contributed by atoms with E-state index >= 15 is 0 Å². The number of alkyl halides is 7. The highest BCUT2D eigenvalue weighted by Crippen LogP contribution is 2.42. The lowest BCUT2D eigenvalue weighted by atomic mass is 10.1. The predicted molar refractivity (Wildman–Crippen MR) is 87.5 cm³/mol. The number of halogens is 7. The largest absolute Gasteiger partial charge is 0.468 e. The van der Waals surface area contributed by atoms with Crippen molar-refractivity contribution in [3.8, 4) is 0 Å². The second-order valence-electron chi connectivity index (χ2n) is 6.20. The monoisotopic (exact) mass is 492 g/mol. The zero-order chi connectivity index (χ0) is 24.9. The van der Waals surface area contributed by atoms with E-state index in [1.807, 2.05) is 0 Å². The summed E-state index contributed by atoms with van der Waals surface area (Å²) < 4.78 is 135. The molecule has 0 heterocycles. The molecular weight excluding hydrogens is 473 g/mol. The van der Waals surface area contributed by atoms with Crippen LogP contribution in [0.5, 0.6) is 0 Å². The first-order valence-corrected chi connectivity index (χ1v) is 9.69. The Balaban J connectivity index is 5.44. The van der Waals surface area contributed by atoms with E-state index in [-0.39, 0.29) is 6.08 Å². The van der Waals surface area contributed by atoms with Crippen molar-refractivity contribution in [1.82, 2.24) is 0 Å². The zero-order valence-corrected chi connectivity index (χ0v) is 16.9. The Labute approximate surface area is 172 Å². The molecule has 8 nitrogen and oxygen atoms in total. The molecule has 1 N–H and O–H groups in total. The highest BCUT2D eigenvalue weighted by atomic mass is 32.2. The molecule has 182 valence electrons. The molecule has 0 aliphatic heterocycles. The van der Waals surface area contributed by atoms with E-state index in [9.17, 15) is 48.7 Å². The van der Waals surface area contributed by atoms with Crippen LogP contribution in [0.4, 0.5) is 30.7 Å². The fraction of sp³-hybridized carbons (Fsp3) is 0.733. The zero-order valence-electron chi connectivity index (χ0n) is 16.0. The molecule has 0 saturated heterocycles. The molecule has 0 aromatic rings. The van der Waals surface area contributed by atoms with Crippen LogP contribution in [0.1, 0.15) is 33.1 Å². The van der Waals surface area contributed by atoms with E-state index in [0.717, 1.165) is 13.8 Å². The van der Waals surface area contributed by atoms with Crippen LogP contribution in [0.3, 0.4) is 0 Å². The summed E-state index contributed by atoms with van der Waals surface area (Å²) in [4.78, 5) is 23.2. The second-order valence-corrected chi connectivity index (χ2v) is 7.66. The summed E-state index contributed by atoms with van der Waals surface area (Å²) in [6, 6.07) is 0. The lowest BCUT2D eigenvalue weighted by Gasteiger charge is -2.32. The molecule has 16 heteroatoms. The molecule has 0 bridgehead atoms. The topological polar surface area (TPSA) is 116 Å². The molecule has 1 unspecified atom stereocenters. The van der Waals surface area contributed by atoms with Crippen LogP contribution in [-0.2, 0) is 33.9 Å². The van der Waals surface area contributed by atoms with Crippen molar-refractivity contribution in [2.45, 2.75) is 62.4 Å². The van der Waals surface area contributed by atoms with Gasteiger partial charge in [-0.2, -0.15) is 39.2 Å². The van der Waals surface area contributed by atoms with Gasteiger partial charge in [-0.25, -0.2) is 9.59 Å². The van der Waals surface area contributed by atoms with Crippen molar-refractivity contribution in [3.05, 3.63) is 12.7 Å². The summed E-state index contributed by atoms with van der Waals surface area (Å²) in [7, 11) is -6.48. The maximum absolute atomic E-state index is 13.5. The normalized spacial score (nSPS) is 15.3. The molecule has 0 aromatic heterocycles. The Kier molecular flexibility index (Phi) is 9.49. The van der Waals surface area contributed by atoms with Gasteiger partial charge in [-0.3, -0.25) is 4.55 Å². The van der Waals surface area contributed by atoms with Gasteiger partial charge < -0.3 is 14.2 Å². The molecule has 0 aliphatic rings. The van der Waals surface area contributed by atoms with E-state index < -0.39 is 77.2 Å². The van der Waals surface area contributed by atoms with E-state index in [0.29, 0.717) is 0 Å². The fourth-order valence-electron chi connectivity index (χ4n) is 1.86. The second kappa shape index (κ2) is 10.1. The van der Waals surface area contributed by atoms with Gasteiger partial charge in [0.05, 0.1) is 12.7 Å². The highest BCUT2D eigenvalue weighted by molar-refractivity contribution is 7.87. The lowest BCUT2D eigenvalue weighted by Crippen LogP contribution is -2.58. The van der Waals surface area contributed by atoms with Gasteiger partial charge in [0, 0.05) is 12.5 Å². The number of carbonyl (C=O) groups excluding carboxylic acids is 2. The Morgan fingerprint density at radius 1 is 1.06 bits per heavy atom. The Morgan fingerprint density at radius 3 is 1.97 bits per heavy atom. The molecule has 0 spiro atoms. The average Bonchev–Trinajstić information content (AvgIpc) is 2.57. The number of ether oxygens (including phenoxy) is 3. The van der Waals surface area contributed by atoms with Crippen molar-refractivity contribution >= 4 is 22.1 Å². The summed E-state index contributed by atoms with van der Waals surface area (Å²) in [5.74, 6) is -13.5. The van der Waals surface area contributed by atoms with E-state index in [4.69, 9.17) is 4.55 Å². The first kappa shape index (κ1) is 29.1. The Morgan fingerprint density at radius 2 is 1.58 bits per heavy atom. The lowest BCUT2D eigenvalue weighted by molar-refractivity contribution is -0.355. The molecule has 0 radical (unpaired) electrons. The maximum atomic E-state index is 13.5. The molecule has 1 atom stereocenters. The standard InChI is InChI=1S/C15H19F7O8S/c1-4-10(23)30-13(14(18,19)20,11(24)29-9(2)3)28-8-6-5-7-12(16,17)15(21,22)31(25,26)27/h4,9H,1,5-8H2,2-3H3,(H,25,26,27). The highest BCUT2D eigenvalue weighted by Gasteiger charge is 2.68. The van der Waals surface area contributed by atoms with Crippen LogP contribution >= 0.6 is 0 Å². The van der Waals surface area contributed by atoms with Crippen LogP contribution in [0.2, 0.25) is 0 Å². The van der Waals surface area contributed by atoms with Crippen LogP contribution in [0.25, 0.3) is 0 Å². The van der Waals surface area contributed by atoms with Gasteiger partial charge in [-0.15, -0.1) is 0 Å². The number of rotatable bonds is 12. The minimum Gasteiger partial charge on any atom is -0.458 e. The van der Waals surface area contributed by atoms with Gasteiger partial charge >= 0.3 is 45.2 Å². The van der Waals surface area contributed by atoms with Crippen molar-refractivity contribution in [1.29, 1.82) is 0 Å². The van der Waals surface area contributed by atoms with Crippen LogP contribution in [0, 0.1) is 0 Å². The summed E-state index contributed by atoms with van der Waals surface area (Å²) >= 11 is 0. The number of hydrogen-bond acceptors (Lipinski definition) is 7. The average molecular weight is 492 g/mol. The van der Waals surface area contributed by atoms with Gasteiger partial charge in [0.1, 0.15) is 0 Å². The molecule has 0 fully saturated rings. The van der Waals surface area contributed by atoms with Gasteiger partial charge in [0.2, 0.25) is 0 Å². The van der Waals surface area contributed by atoms with E-state index in [1.54, 1.807) is 0 Å². The number of carbonyl (C=O) groups is 2. The number of unbranched alkanes of at least 4 members (excludes halogenated alkanes) is 1. The third-order valence-corrected chi connectivity index (χ3v) is 4.28. The Hall–Kier alpha value is -1.94. The summed E-state index contributed by atoms with van der Waals surface area (Å²) in [5.41, 5.74) is 0. The smallest absolute Gasteiger partial charge is 0.458 e. The molecule has 0 amide bonds. The molecule has 0 aromatic carbocycles. The number of esters is 2. The third kappa shape index (κ3) is 7.03. The van der Waals surface area contributed by atoms with E-state index in [1.165, 1.54) is 0 Å². The van der Waals surface area contributed by atoms with Gasteiger partial charge in [0.15, 0.2) is 0 Å². The molecular formula is C15H19F7O8S. The maximum Gasteiger partial charge on any atom is 0.468 e. The molecule has 0 saturated carbocycles. The predicted octanol–water partition coefficient (Wildman–Crippen LogP) is 3.23. The summed E-state index contributed by atoms with van der Waals surface area (Å²) in [6.07, 6.45) is -10.3. The Bertz CT molecular complexity index is 764. The molecule has 0 aliphatic carbocycles. The molecule has 0 rings (SSSR count). The number of hydrogen-bond donors (Lipinski definition) is 1.